The zero-order valence-corrected chi connectivity index (χ0v) is 17.4. The van der Waals surface area contributed by atoms with E-state index in [1.807, 2.05) is 0 Å². The number of phosphoric acid groups is 2. The zero-order chi connectivity index (χ0) is 20.2. The summed E-state index contributed by atoms with van der Waals surface area (Å²) in [5.41, 5.74) is 0. The molecule has 0 unspecified atom stereocenters. The smallest absolute Gasteiger partial charge is 0.303 e. The van der Waals surface area contributed by atoms with Crippen LogP contribution in [0.25, 0.3) is 0 Å². The Morgan fingerprint density at radius 3 is 0.692 bits per heavy atom. The maximum absolute atomic E-state index is 8.88. The molecule has 10 heteroatoms. The summed E-state index contributed by atoms with van der Waals surface area (Å²) >= 11 is 0. The highest BCUT2D eigenvalue weighted by atomic mass is 31.2. The molecule has 0 aromatic carbocycles. The van der Waals surface area contributed by atoms with Crippen LogP contribution in [-0.2, 0) is 9.13 Å². The molecule has 0 heterocycles. The number of unbranched alkanes of at least 4 members (excludes halogenated alkanes) is 12. The van der Waals surface area contributed by atoms with Crippen molar-refractivity contribution in [1.82, 2.24) is 0 Å². The summed E-state index contributed by atoms with van der Waals surface area (Å²) in [6, 6.07) is 0. The van der Waals surface area contributed by atoms with E-state index in [0.717, 1.165) is 0 Å². The molecule has 0 aromatic heterocycles. The van der Waals surface area contributed by atoms with Gasteiger partial charge in [-0.3, -0.25) is 0 Å². The van der Waals surface area contributed by atoms with Crippen LogP contribution in [0.3, 0.4) is 0 Å². The van der Waals surface area contributed by atoms with Crippen molar-refractivity contribution in [1.29, 1.82) is 0 Å². The Hall–Kier alpha value is 0.220. The minimum absolute atomic E-state index is 0. The lowest BCUT2D eigenvalue weighted by Crippen LogP contribution is -1.82. The Bertz CT molecular complexity index is 293. The Kier molecular flexibility index (Phi) is 30.2. The van der Waals surface area contributed by atoms with Gasteiger partial charge in [0.05, 0.1) is 0 Å². The van der Waals surface area contributed by atoms with Crippen molar-refractivity contribution in [3.8, 4) is 0 Å². The van der Waals surface area contributed by atoms with Crippen molar-refractivity contribution >= 4 is 15.6 Å². The summed E-state index contributed by atoms with van der Waals surface area (Å²) < 4.78 is 17.8. The molecule has 0 spiro atoms. The average molecular weight is 424 g/mol. The molecular weight excluding hydrogens is 382 g/mol. The van der Waals surface area contributed by atoms with Crippen LogP contribution >= 0.6 is 15.6 Å². The molecule has 6 N–H and O–H groups in total. The highest BCUT2D eigenvalue weighted by Crippen LogP contribution is 2.26. The summed E-state index contributed by atoms with van der Waals surface area (Å²) in [4.78, 5) is 43.1. The van der Waals surface area contributed by atoms with Crippen LogP contribution in [0.5, 0.6) is 0 Å². The maximum atomic E-state index is 8.88. The third kappa shape index (κ3) is 87.4. The first kappa shape index (κ1) is 33.8. The Balaban J connectivity index is -0.000000182. The van der Waals surface area contributed by atoms with Crippen molar-refractivity contribution in [3.63, 3.8) is 0 Å². The van der Waals surface area contributed by atoms with E-state index in [9.17, 15) is 0 Å². The molecule has 0 aliphatic carbocycles. The van der Waals surface area contributed by atoms with Gasteiger partial charge in [0.25, 0.3) is 0 Å². The van der Waals surface area contributed by atoms with Gasteiger partial charge in [-0.1, -0.05) is 105 Å². The molecular formula is C16H42O8P2. The quantitative estimate of drug-likeness (QED) is 0.191. The van der Waals surface area contributed by atoms with Crippen LogP contribution in [0.2, 0.25) is 0 Å². The molecule has 0 rings (SSSR count). The van der Waals surface area contributed by atoms with Crippen molar-refractivity contribution < 1.29 is 38.5 Å². The Morgan fingerprint density at radius 2 is 0.577 bits per heavy atom. The van der Waals surface area contributed by atoms with Crippen molar-refractivity contribution in [2.75, 3.05) is 0 Å². The summed E-state index contributed by atoms with van der Waals surface area (Å²) in [6.45, 7) is 4.58. The van der Waals surface area contributed by atoms with E-state index in [4.69, 9.17) is 38.5 Å². The Morgan fingerprint density at radius 1 is 0.462 bits per heavy atom. The van der Waals surface area contributed by atoms with Crippen LogP contribution < -0.4 is 0 Å². The first-order valence-electron chi connectivity index (χ1n) is 8.98. The fourth-order valence-electron chi connectivity index (χ4n) is 2.09. The highest BCUT2D eigenvalue weighted by Gasteiger charge is 2.00. The third-order valence-electron chi connectivity index (χ3n) is 3.21. The molecule has 0 radical (unpaired) electrons. The second-order valence-corrected chi connectivity index (χ2v) is 7.97. The van der Waals surface area contributed by atoms with Crippen LogP contribution in [0.15, 0.2) is 0 Å². The number of hydrogen-bond acceptors (Lipinski definition) is 2. The SMILES string of the molecule is C.CCCCCCCCCCCCCCC.O=P(O)(O)O.O=P(O)(O)O. The summed E-state index contributed by atoms with van der Waals surface area (Å²) in [5, 5.41) is 0. The number of hydrogen-bond donors (Lipinski definition) is 6. The van der Waals surface area contributed by atoms with Gasteiger partial charge in [-0.2, -0.15) is 0 Å². The summed E-state index contributed by atoms with van der Waals surface area (Å²) in [7, 11) is -9.28. The first-order valence-corrected chi connectivity index (χ1v) is 12.1. The van der Waals surface area contributed by atoms with Gasteiger partial charge in [-0.25, -0.2) is 9.13 Å². The fraction of sp³-hybridized carbons (Fsp3) is 1.00. The minimum Gasteiger partial charge on any atom is -0.303 e. The predicted molar refractivity (Wildman–Crippen MR) is 107 cm³/mol. The van der Waals surface area contributed by atoms with Crippen LogP contribution in [-0.4, -0.2) is 29.4 Å². The Labute approximate surface area is 159 Å². The first-order chi connectivity index (χ1) is 11.4. The van der Waals surface area contributed by atoms with Crippen LogP contribution in [0, 0.1) is 0 Å². The van der Waals surface area contributed by atoms with E-state index in [0.29, 0.717) is 0 Å². The van der Waals surface area contributed by atoms with Crippen LogP contribution in [0.1, 0.15) is 105 Å². The molecule has 0 aliphatic heterocycles. The molecule has 0 aromatic rings. The minimum atomic E-state index is -4.64. The largest absolute Gasteiger partial charge is 0.466 e. The van der Waals surface area contributed by atoms with E-state index in [2.05, 4.69) is 13.8 Å². The molecule has 0 atom stereocenters. The zero-order valence-electron chi connectivity index (χ0n) is 15.6. The van der Waals surface area contributed by atoms with Gasteiger partial charge in [-0.05, 0) is 0 Å². The molecule has 0 saturated carbocycles. The van der Waals surface area contributed by atoms with E-state index >= 15 is 0 Å². The lowest BCUT2D eigenvalue weighted by atomic mass is 10.1. The molecule has 164 valence electrons. The monoisotopic (exact) mass is 424 g/mol. The van der Waals surface area contributed by atoms with Gasteiger partial charge in [0.15, 0.2) is 0 Å². The van der Waals surface area contributed by atoms with Crippen molar-refractivity contribution in [2.45, 2.75) is 105 Å². The van der Waals surface area contributed by atoms with Gasteiger partial charge in [0.2, 0.25) is 0 Å². The predicted octanol–water partition coefficient (Wildman–Crippen LogP) is 4.88. The van der Waals surface area contributed by atoms with Crippen LogP contribution in [0.4, 0.5) is 0 Å². The van der Waals surface area contributed by atoms with E-state index in [1.54, 1.807) is 0 Å². The normalized spacial score (nSPS) is 10.8. The van der Waals surface area contributed by atoms with Gasteiger partial charge >= 0.3 is 15.6 Å². The van der Waals surface area contributed by atoms with Gasteiger partial charge in [0.1, 0.15) is 0 Å². The van der Waals surface area contributed by atoms with Crippen molar-refractivity contribution in [3.05, 3.63) is 0 Å². The molecule has 0 saturated heterocycles. The van der Waals surface area contributed by atoms with Crippen molar-refractivity contribution in [2.24, 2.45) is 0 Å². The molecule has 0 fully saturated rings. The van der Waals surface area contributed by atoms with E-state index in [1.165, 1.54) is 83.5 Å². The molecule has 0 bridgehead atoms. The lowest BCUT2D eigenvalue weighted by molar-refractivity contribution is 0.272. The maximum Gasteiger partial charge on any atom is 0.466 e. The summed E-state index contributed by atoms with van der Waals surface area (Å²) in [5.74, 6) is 0. The highest BCUT2D eigenvalue weighted by molar-refractivity contribution is 7.45. The third-order valence-corrected chi connectivity index (χ3v) is 3.21. The van der Waals surface area contributed by atoms with Gasteiger partial charge in [0, 0.05) is 0 Å². The van der Waals surface area contributed by atoms with E-state index < -0.39 is 15.6 Å². The lowest BCUT2D eigenvalue weighted by Gasteiger charge is -2.01. The van der Waals surface area contributed by atoms with Gasteiger partial charge < -0.3 is 29.4 Å². The molecule has 8 nitrogen and oxygen atoms in total. The number of rotatable bonds is 12. The molecule has 0 aliphatic rings. The molecule has 26 heavy (non-hydrogen) atoms. The summed E-state index contributed by atoms with van der Waals surface area (Å²) in [6.07, 6.45) is 18.9. The van der Waals surface area contributed by atoms with E-state index in [-0.39, 0.29) is 7.43 Å². The molecule has 0 amide bonds. The van der Waals surface area contributed by atoms with Gasteiger partial charge in [-0.15, -0.1) is 0 Å². The second-order valence-electron chi connectivity index (χ2n) is 5.92. The topological polar surface area (TPSA) is 156 Å². The fourth-order valence-corrected chi connectivity index (χ4v) is 2.09. The second kappa shape index (κ2) is 23.3. The standard InChI is InChI=1S/C15H32.CH4.2H3O4P/c1-3-5-7-9-11-13-15-14-12-10-8-6-4-2;;2*1-5(2,3)4/h3-15H2,1-2H3;1H4;2*(H3,1,2,3,4). The average Bonchev–Trinajstić information content (AvgIpc) is 2.41.